The highest BCUT2D eigenvalue weighted by Crippen LogP contribution is 2.28. The number of halogens is 3. The largest absolute Gasteiger partial charge is 0.487 e. The van der Waals surface area contributed by atoms with E-state index < -0.39 is 0 Å². The minimum absolute atomic E-state index is 0.0995. The predicted octanol–water partition coefficient (Wildman–Crippen LogP) is 4.40. The Labute approximate surface area is 118 Å². The zero-order valence-electron chi connectivity index (χ0n) is 9.29. The highest BCUT2D eigenvalue weighted by atomic mass is 79.9. The fraction of sp³-hybridized carbons (Fsp3) is 0.0769. The van der Waals surface area contributed by atoms with Crippen LogP contribution in [0, 0.1) is 5.82 Å². The van der Waals surface area contributed by atoms with Crippen LogP contribution in [0.1, 0.15) is 5.56 Å². The monoisotopic (exact) mass is 329 g/mol. The van der Waals surface area contributed by atoms with E-state index in [2.05, 4.69) is 15.9 Å². The lowest BCUT2D eigenvalue weighted by atomic mass is 10.2. The molecule has 0 atom stereocenters. The van der Waals surface area contributed by atoms with Crippen LogP contribution < -0.4 is 10.5 Å². The lowest BCUT2D eigenvalue weighted by molar-refractivity contribution is 0.300. The van der Waals surface area contributed by atoms with Crippen molar-refractivity contribution in [2.45, 2.75) is 6.61 Å². The van der Waals surface area contributed by atoms with Gasteiger partial charge in [0.15, 0.2) is 0 Å². The van der Waals surface area contributed by atoms with Gasteiger partial charge < -0.3 is 10.5 Å². The maximum Gasteiger partial charge on any atom is 0.139 e. The summed E-state index contributed by atoms with van der Waals surface area (Å²) in [6.45, 7) is 0.0995. The molecule has 0 bridgehead atoms. The summed E-state index contributed by atoms with van der Waals surface area (Å²) in [5.41, 5.74) is 6.29. The second kappa shape index (κ2) is 5.59. The van der Waals surface area contributed by atoms with E-state index in [1.54, 1.807) is 30.3 Å². The molecule has 2 aromatic rings. The molecule has 0 amide bonds. The van der Waals surface area contributed by atoms with E-state index in [-0.39, 0.29) is 12.4 Å². The molecule has 0 radical (unpaired) electrons. The average molecular weight is 331 g/mol. The van der Waals surface area contributed by atoms with Crippen molar-refractivity contribution in [3.8, 4) is 5.75 Å². The van der Waals surface area contributed by atoms with Gasteiger partial charge in [0.25, 0.3) is 0 Å². The van der Waals surface area contributed by atoms with Gasteiger partial charge in [0, 0.05) is 15.7 Å². The topological polar surface area (TPSA) is 35.2 Å². The summed E-state index contributed by atoms with van der Waals surface area (Å²) in [7, 11) is 0. The Kier molecular flexibility index (Phi) is 4.09. The second-order valence-corrected chi connectivity index (χ2v) is 5.04. The molecule has 0 saturated heterocycles. The van der Waals surface area contributed by atoms with Crippen LogP contribution in [0.25, 0.3) is 0 Å². The lowest BCUT2D eigenvalue weighted by Gasteiger charge is -2.09. The highest BCUT2D eigenvalue weighted by molar-refractivity contribution is 9.10. The first kappa shape index (κ1) is 13.2. The van der Waals surface area contributed by atoms with Crippen molar-refractivity contribution in [2.24, 2.45) is 0 Å². The van der Waals surface area contributed by atoms with Gasteiger partial charge in [-0.25, -0.2) is 4.39 Å². The van der Waals surface area contributed by atoms with Gasteiger partial charge in [0.1, 0.15) is 18.2 Å². The van der Waals surface area contributed by atoms with Gasteiger partial charge in [-0.2, -0.15) is 0 Å². The molecule has 0 saturated carbocycles. The van der Waals surface area contributed by atoms with E-state index >= 15 is 0 Å². The standard InChI is InChI=1S/C13H10BrClFNO/c14-9-2-4-11(15)13(5-9)18-7-8-1-3-10(17)6-12(8)16/h1-6H,7,17H2. The van der Waals surface area contributed by atoms with Crippen molar-refractivity contribution >= 4 is 33.2 Å². The van der Waals surface area contributed by atoms with Crippen LogP contribution in [0.2, 0.25) is 5.02 Å². The smallest absolute Gasteiger partial charge is 0.139 e. The van der Waals surface area contributed by atoms with Gasteiger partial charge in [0.05, 0.1) is 5.02 Å². The second-order valence-electron chi connectivity index (χ2n) is 3.71. The Morgan fingerprint density at radius 1 is 1.22 bits per heavy atom. The lowest BCUT2D eigenvalue weighted by Crippen LogP contribution is -2.00. The molecule has 0 aromatic heterocycles. The molecule has 0 aliphatic carbocycles. The molecule has 0 unspecified atom stereocenters. The van der Waals surface area contributed by atoms with E-state index in [4.69, 9.17) is 22.1 Å². The number of anilines is 1. The fourth-order valence-electron chi connectivity index (χ4n) is 1.42. The number of nitrogen functional groups attached to an aromatic ring is 1. The highest BCUT2D eigenvalue weighted by Gasteiger charge is 2.06. The first-order valence-corrected chi connectivity index (χ1v) is 6.35. The maximum absolute atomic E-state index is 13.5. The molecular weight excluding hydrogens is 321 g/mol. The van der Waals surface area contributed by atoms with Gasteiger partial charge >= 0.3 is 0 Å². The average Bonchev–Trinajstić information content (AvgIpc) is 2.32. The molecule has 5 heteroatoms. The minimum atomic E-state index is -0.388. The van der Waals surface area contributed by atoms with Crippen molar-refractivity contribution in [3.63, 3.8) is 0 Å². The maximum atomic E-state index is 13.5. The summed E-state index contributed by atoms with van der Waals surface area (Å²) < 4.78 is 19.9. The van der Waals surface area contributed by atoms with Gasteiger partial charge in [-0.3, -0.25) is 0 Å². The zero-order chi connectivity index (χ0) is 13.1. The Morgan fingerprint density at radius 2 is 2.00 bits per heavy atom. The van der Waals surface area contributed by atoms with Crippen molar-refractivity contribution < 1.29 is 9.13 Å². The molecule has 18 heavy (non-hydrogen) atoms. The van der Waals surface area contributed by atoms with Crippen LogP contribution in [-0.4, -0.2) is 0 Å². The third kappa shape index (κ3) is 3.15. The van der Waals surface area contributed by atoms with Crippen LogP contribution in [0.5, 0.6) is 5.75 Å². The number of benzene rings is 2. The Bertz CT molecular complexity index is 577. The number of hydrogen-bond donors (Lipinski definition) is 1. The van der Waals surface area contributed by atoms with E-state index in [9.17, 15) is 4.39 Å². The Balaban J connectivity index is 2.13. The first-order chi connectivity index (χ1) is 8.56. The van der Waals surface area contributed by atoms with Crippen molar-refractivity contribution in [1.82, 2.24) is 0 Å². The third-order valence-corrected chi connectivity index (χ3v) is 3.16. The van der Waals surface area contributed by atoms with Gasteiger partial charge in [-0.05, 0) is 30.3 Å². The van der Waals surface area contributed by atoms with Crippen molar-refractivity contribution in [2.75, 3.05) is 5.73 Å². The number of nitrogens with two attached hydrogens (primary N) is 1. The molecular formula is C13H10BrClFNO. The summed E-state index contributed by atoms with van der Waals surface area (Å²) in [5, 5.41) is 0.481. The molecule has 2 aromatic carbocycles. The molecule has 2 rings (SSSR count). The van der Waals surface area contributed by atoms with Crippen LogP contribution in [0.3, 0.4) is 0 Å². The van der Waals surface area contributed by atoms with E-state index in [0.717, 1.165) is 4.47 Å². The molecule has 0 aliphatic heterocycles. The number of rotatable bonds is 3. The number of hydrogen-bond acceptors (Lipinski definition) is 2. The van der Waals surface area contributed by atoms with Crippen molar-refractivity contribution in [3.05, 3.63) is 57.3 Å². The summed E-state index contributed by atoms with van der Waals surface area (Å²) in [4.78, 5) is 0. The van der Waals surface area contributed by atoms with Gasteiger partial charge in [-0.1, -0.05) is 33.6 Å². The summed E-state index contributed by atoms with van der Waals surface area (Å²) in [5.74, 6) is 0.114. The normalized spacial score (nSPS) is 10.4. The van der Waals surface area contributed by atoms with Crippen LogP contribution >= 0.6 is 27.5 Å². The van der Waals surface area contributed by atoms with E-state index in [1.165, 1.54) is 6.07 Å². The molecule has 2 nitrogen and oxygen atoms in total. The SMILES string of the molecule is Nc1ccc(COc2cc(Br)ccc2Cl)c(F)c1. The molecule has 0 aliphatic rings. The zero-order valence-corrected chi connectivity index (χ0v) is 11.6. The Hall–Kier alpha value is -1.26. The fourth-order valence-corrected chi connectivity index (χ4v) is 1.94. The molecule has 0 spiro atoms. The summed E-state index contributed by atoms with van der Waals surface area (Å²) >= 11 is 9.29. The van der Waals surface area contributed by atoms with Gasteiger partial charge in [0.2, 0.25) is 0 Å². The van der Waals surface area contributed by atoms with Crippen LogP contribution in [0.4, 0.5) is 10.1 Å². The molecule has 2 N–H and O–H groups in total. The molecule has 0 heterocycles. The first-order valence-electron chi connectivity index (χ1n) is 5.18. The predicted molar refractivity (Wildman–Crippen MR) is 74.3 cm³/mol. The third-order valence-electron chi connectivity index (χ3n) is 2.35. The van der Waals surface area contributed by atoms with Gasteiger partial charge in [-0.15, -0.1) is 0 Å². The quantitative estimate of drug-likeness (QED) is 0.846. The van der Waals surface area contributed by atoms with E-state index in [0.29, 0.717) is 22.0 Å². The van der Waals surface area contributed by atoms with Crippen LogP contribution in [0.15, 0.2) is 40.9 Å². The van der Waals surface area contributed by atoms with Crippen molar-refractivity contribution in [1.29, 1.82) is 0 Å². The summed E-state index contributed by atoms with van der Waals surface area (Å²) in [6.07, 6.45) is 0. The van der Waals surface area contributed by atoms with Crippen LogP contribution in [-0.2, 0) is 6.61 Å². The molecule has 0 fully saturated rings. The molecule has 94 valence electrons. The number of ether oxygens (including phenoxy) is 1. The Morgan fingerprint density at radius 3 is 2.72 bits per heavy atom. The summed E-state index contributed by atoms with van der Waals surface area (Å²) in [6, 6.07) is 9.74. The van der Waals surface area contributed by atoms with E-state index in [1.807, 2.05) is 0 Å². The minimum Gasteiger partial charge on any atom is -0.487 e.